The fraction of sp³-hybridized carbons (Fsp3) is 0.471. The summed E-state index contributed by atoms with van der Waals surface area (Å²) in [6.07, 6.45) is -1.92. The van der Waals surface area contributed by atoms with Crippen molar-refractivity contribution in [1.82, 2.24) is 5.32 Å². The Labute approximate surface area is 151 Å². The van der Waals surface area contributed by atoms with Crippen molar-refractivity contribution in [2.45, 2.75) is 27.2 Å². The van der Waals surface area contributed by atoms with Gasteiger partial charge in [-0.25, -0.2) is 14.4 Å². The summed E-state index contributed by atoms with van der Waals surface area (Å²) in [4.78, 5) is 34.3. The van der Waals surface area contributed by atoms with Gasteiger partial charge in [0.1, 0.15) is 0 Å². The molecule has 1 N–H and O–H groups in total. The molecule has 144 valence electrons. The van der Waals surface area contributed by atoms with E-state index >= 15 is 0 Å². The Balaban J connectivity index is 2.82. The van der Waals surface area contributed by atoms with Crippen molar-refractivity contribution < 1.29 is 38.1 Å². The third-order valence-corrected chi connectivity index (χ3v) is 2.88. The van der Waals surface area contributed by atoms with Crippen molar-refractivity contribution in [3.63, 3.8) is 0 Å². The maximum atomic E-state index is 11.6. The van der Waals surface area contributed by atoms with Gasteiger partial charge in [-0.3, -0.25) is 0 Å². The standard InChI is InChI=1S/C17H23NO8/c1-4-22-15(19)18-10-9-12-7-8-13(25-16(20)23-5-2)14(11-12)26-17(21)24-6-3/h7-8,11H,4-6,9-10H2,1-3H3,(H,18,19). The molecule has 1 aromatic rings. The van der Waals surface area contributed by atoms with Crippen molar-refractivity contribution in [2.24, 2.45) is 0 Å². The summed E-state index contributed by atoms with van der Waals surface area (Å²) in [6.45, 7) is 5.85. The zero-order valence-corrected chi connectivity index (χ0v) is 15.0. The number of rotatable bonds is 8. The van der Waals surface area contributed by atoms with E-state index in [-0.39, 0.29) is 31.3 Å². The molecular formula is C17H23NO8. The normalized spacial score (nSPS) is 9.81. The molecule has 0 aliphatic heterocycles. The van der Waals surface area contributed by atoms with Gasteiger partial charge in [0.25, 0.3) is 0 Å². The van der Waals surface area contributed by atoms with Gasteiger partial charge in [0.05, 0.1) is 19.8 Å². The van der Waals surface area contributed by atoms with Crippen LogP contribution in [0.15, 0.2) is 18.2 Å². The van der Waals surface area contributed by atoms with Crippen LogP contribution in [0.1, 0.15) is 26.3 Å². The Kier molecular flexibility index (Phi) is 9.37. The highest BCUT2D eigenvalue weighted by Gasteiger charge is 2.16. The van der Waals surface area contributed by atoms with Crippen LogP contribution >= 0.6 is 0 Å². The van der Waals surface area contributed by atoms with E-state index in [4.69, 9.17) is 23.7 Å². The van der Waals surface area contributed by atoms with Crippen molar-refractivity contribution in [2.75, 3.05) is 26.4 Å². The highest BCUT2D eigenvalue weighted by atomic mass is 16.7. The molecule has 9 nitrogen and oxygen atoms in total. The zero-order valence-electron chi connectivity index (χ0n) is 15.0. The first-order chi connectivity index (χ1) is 12.5. The molecule has 0 unspecified atom stereocenters. The maximum absolute atomic E-state index is 11.6. The summed E-state index contributed by atoms with van der Waals surface area (Å²) in [5, 5.41) is 2.58. The smallest absolute Gasteiger partial charge is 0.450 e. The molecule has 0 saturated carbocycles. The lowest BCUT2D eigenvalue weighted by atomic mass is 10.1. The lowest BCUT2D eigenvalue weighted by molar-refractivity contribution is 0.0939. The molecule has 0 radical (unpaired) electrons. The van der Waals surface area contributed by atoms with Gasteiger partial charge in [-0.05, 0) is 44.9 Å². The SMILES string of the molecule is CCOC(=O)NCCc1ccc(OC(=O)OCC)c(OC(=O)OCC)c1. The van der Waals surface area contributed by atoms with E-state index in [1.54, 1.807) is 26.8 Å². The van der Waals surface area contributed by atoms with Crippen LogP contribution in [-0.4, -0.2) is 44.8 Å². The molecule has 0 atom stereocenters. The second kappa shape index (κ2) is 11.6. The molecule has 0 aromatic heterocycles. The van der Waals surface area contributed by atoms with E-state index < -0.39 is 18.4 Å². The van der Waals surface area contributed by atoms with Crippen molar-refractivity contribution in [3.8, 4) is 11.5 Å². The Morgan fingerprint density at radius 1 is 0.846 bits per heavy atom. The lowest BCUT2D eigenvalue weighted by Gasteiger charge is -2.12. The Hall–Kier alpha value is -2.97. The highest BCUT2D eigenvalue weighted by Crippen LogP contribution is 2.29. The molecule has 0 heterocycles. The number of hydrogen-bond acceptors (Lipinski definition) is 8. The van der Waals surface area contributed by atoms with Crippen LogP contribution in [-0.2, 0) is 20.6 Å². The second-order valence-corrected chi connectivity index (χ2v) is 4.75. The van der Waals surface area contributed by atoms with Gasteiger partial charge in [0, 0.05) is 6.54 Å². The number of carbonyl (C=O) groups excluding carboxylic acids is 3. The average Bonchev–Trinajstić information content (AvgIpc) is 2.58. The summed E-state index contributed by atoms with van der Waals surface area (Å²) in [5.74, 6) is 0.0174. The third-order valence-electron chi connectivity index (χ3n) is 2.88. The van der Waals surface area contributed by atoms with Crippen LogP contribution in [0.4, 0.5) is 14.4 Å². The third kappa shape index (κ3) is 7.73. The molecule has 0 aliphatic carbocycles. The van der Waals surface area contributed by atoms with E-state index in [9.17, 15) is 14.4 Å². The Bertz CT molecular complexity index is 617. The molecule has 0 spiro atoms. The number of amides is 1. The molecule has 0 aliphatic rings. The molecule has 0 bridgehead atoms. The number of carbonyl (C=O) groups is 3. The number of alkyl carbamates (subject to hydrolysis) is 1. The van der Waals surface area contributed by atoms with Crippen LogP contribution < -0.4 is 14.8 Å². The molecule has 1 amide bonds. The zero-order chi connectivity index (χ0) is 19.4. The summed E-state index contributed by atoms with van der Waals surface area (Å²) >= 11 is 0. The lowest BCUT2D eigenvalue weighted by Crippen LogP contribution is -2.26. The minimum absolute atomic E-state index is 0.00476. The number of ether oxygens (including phenoxy) is 5. The van der Waals surface area contributed by atoms with E-state index in [0.29, 0.717) is 13.0 Å². The van der Waals surface area contributed by atoms with Crippen LogP contribution in [0.2, 0.25) is 0 Å². The second-order valence-electron chi connectivity index (χ2n) is 4.75. The Morgan fingerprint density at radius 2 is 1.42 bits per heavy atom. The van der Waals surface area contributed by atoms with Crippen LogP contribution in [0.5, 0.6) is 11.5 Å². The van der Waals surface area contributed by atoms with Crippen molar-refractivity contribution >= 4 is 18.4 Å². The quantitative estimate of drug-likeness (QED) is 0.423. The molecule has 0 fully saturated rings. The highest BCUT2D eigenvalue weighted by molar-refractivity contribution is 5.69. The monoisotopic (exact) mass is 369 g/mol. The molecular weight excluding hydrogens is 346 g/mol. The Morgan fingerprint density at radius 3 is 2.00 bits per heavy atom. The average molecular weight is 369 g/mol. The predicted molar refractivity (Wildman–Crippen MR) is 90.5 cm³/mol. The molecule has 1 rings (SSSR count). The van der Waals surface area contributed by atoms with E-state index in [1.807, 2.05) is 0 Å². The first kappa shape index (κ1) is 21.1. The maximum Gasteiger partial charge on any atom is 0.513 e. The van der Waals surface area contributed by atoms with Gasteiger partial charge in [-0.1, -0.05) is 6.07 Å². The summed E-state index contributed by atoms with van der Waals surface area (Å²) in [5.41, 5.74) is 0.734. The fourth-order valence-electron chi connectivity index (χ4n) is 1.84. The molecule has 26 heavy (non-hydrogen) atoms. The number of nitrogens with one attached hydrogen (secondary N) is 1. The minimum atomic E-state index is -0.928. The van der Waals surface area contributed by atoms with Gasteiger partial charge in [0.2, 0.25) is 0 Å². The van der Waals surface area contributed by atoms with E-state index in [1.165, 1.54) is 12.1 Å². The number of benzene rings is 1. The minimum Gasteiger partial charge on any atom is -0.450 e. The summed E-state index contributed by atoms with van der Waals surface area (Å²) in [6, 6.07) is 4.64. The van der Waals surface area contributed by atoms with Gasteiger partial charge < -0.3 is 29.0 Å². The number of hydrogen-bond donors (Lipinski definition) is 1. The van der Waals surface area contributed by atoms with Gasteiger partial charge in [0.15, 0.2) is 11.5 Å². The van der Waals surface area contributed by atoms with E-state index in [0.717, 1.165) is 5.56 Å². The van der Waals surface area contributed by atoms with Crippen molar-refractivity contribution in [3.05, 3.63) is 23.8 Å². The predicted octanol–water partition coefficient (Wildman–Crippen LogP) is 3.05. The van der Waals surface area contributed by atoms with Crippen LogP contribution in [0.25, 0.3) is 0 Å². The topological polar surface area (TPSA) is 109 Å². The summed E-state index contributed by atoms with van der Waals surface area (Å²) < 4.78 is 24.3. The van der Waals surface area contributed by atoms with Gasteiger partial charge >= 0.3 is 18.4 Å². The first-order valence-electron chi connectivity index (χ1n) is 8.22. The molecule has 9 heteroatoms. The van der Waals surface area contributed by atoms with Gasteiger partial charge in [-0.2, -0.15) is 0 Å². The van der Waals surface area contributed by atoms with Crippen LogP contribution in [0.3, 0.4) is 0 Å². The van der Waals surface area contributed by atoms with Crippen LogP contribution in [0, 0.1) is 0 Å². The fourth-order valence-corrected chi connectivity index (χ4v) is 1.84. The summed E-state index contributed by atoms with van der Waals surface area (Å²) in [7, 11) is 0. The molecule has 0 saturated heterocycles. The van der Waals surface area contributed by atoms with Gasteiger partial charge in [-0.15, -0.1) is 0 Å². The molecule has 1 aromatic carbocycles. The largest absolute Gasteiger partial charge is 0.513 e. The van der Waals surface area contributed by atoms with E-state index in [2.05, 4.69) is 5.32 Å². The first-order valence-corrected chi connectivity index (χ1v) is 8.22. The van der Waals surface area contributed by atoms with Crippen molar-refractivity contribution in [1.29, 1.82) is 0 Å².